The lowest BCUT2D eigenvalue weighted by atomic mass is 10.2. The minimum atomic E-state index is -4.10. The maximum atomic E-state index is 12.0. The average Bonchev–Trinajstić information content (AvgIpc) is 2.62. The van der Waals surface area contributed by atoms with Crippen molar-refractivity contribution in [3.63, 3.8) is 0 Å². The first-order chi connectivity index (χ1) is 12.4. The van der Waals surface area contributed by atoms with Gasteiger partial charge in [-0.3, -0.25) is 4.79 Å². The molecule has 0 aliphatic heterocycles. The lowest BCUT2D eigenvalue weighted by Gasteiger charge is -2.17. The Hall–Kier alpha value is -2.58. The normalized spacial score (nSPS) is 11.0. The van der Waals surface area contributed by atoms with Crippen LogP contribution in [0.25, 0.3) is 0 Å². The Morgan fingerprint density at radius 2 is 1.81 bits per heavy atom. The second-order valence-corrected chi connectivity index (χ2v) is 7.15. The topological polar surface area (TPSA) is 108 Å². The third kappa shape index (κ3) is 4.96. The summed E-state index contributed by atoms with van der Waals surface area (Å²) in [5.41, 5.74) is 0.581. The van der Waals surface area contributed by atoms with Gasteiger partial charge in [0.1, 0.15) is 22.7 Å². The number of nitrogens with two attached hydrogens (primary N) is 1. The number of primary sulfonamides is 1. The van der Waals surface area contributed by atoms with Gasteiger partial charge >= 0.3 is 0 Å². The minimum Gasteiger partial charge on any atom is -0.497 e. The van der Waals surface area contributed by atoms with Crippen molar-refractivity contribution in [3.05, 3.63) is 42.0 Å². The first-order valence-corrected chi connectivity index (χ1v) is 9.65. The zero-order chi connectivity index (χ0) is 19.2. The number of benzene rings is 2. The van der Waals surface area contributed by atoms with Gasteiger partial charge in [0, 0.05) is 12.1 Å². The van der Waals surface area contributed by atoms with Gasteiger partial charge in [-0.2, -0.15) is 0 Å². The van der Waals surface area contributed by atoms with Gasteiger partial charge in [-0.05, 0) is 42.8 Å². The molecule has 0 fully saturated rings. The van der Waals surface area contributed by atoms with Crippen LogP contribution in [0.15, 0.2) is 41.3 Å². The van der Waals surface area contributed by atoms with Crippen LogP contribution in [-0.4, -0.2) is 28.4 Å². The molecule has 8 heteroatoms. The van der Waals surface area contributed by atoms with E-state index in [1.165, 1.54) is 12.1 Å². The van der Waals surface area contributed by atoms with Gasteiger partial charge in [-0.1, -0.05) is 13.3 Å². The maximum absolute atomic E-state index is 12.0. The van der Waals surface area contributed by atoms with Crippen molar-refractivity contribution >= 4 is 22.0 Å². The summed E-state index contributed by atoms with van der Waals surface area (Å²) in [6.07, 6.45) is 2.39. The third-order valence-electron chi connectivity index (χ3n) is 3.64. The van der Waals surface area contributed by atoms with E-state index in [0.29, 0.717) is 30.0 Å². The number of anilines is 1. The first kappa shape index (κ1) is 19.7. The Bertz CT molecular complexity index is 864. The zero-order valence-corrected chi connectivity index (χ0v) is 15.5. The number of carbonyl (C=O) groups excluding carboxylic acids is 1. The van der Waals surface area contributed by atoms with Gasteiger partial charge < -0.3 is 14.8 Å². The second-order valence-electron chi connectivity index (χ2n) is 5.62. The maximum Gasteiger partial charge on any atom is 0.241 e. The Kier molecular flexibility index (Phi) is 6.59. The number of ether oxygens (including phenoxy) is 2. The van der Waals surface area contributed by atoms with Crippen molar-refractivity contribution in [2.45, 2.75) is 24.7 Å². The number of hydrogen-bond acceptors (Lipinski definition) is 6. The molecule has 0 aromatic heterocycles. The van der Waals surface area contributed by atoms with E-state index in [4.69, 9.17) is 14.6 Å². The molecular weight excluding hydrogens is 356 g/mol. The molecule has 2 rings (SSSR count). The number of methoxy groups -OCH3 is 1. The molecule has 0 spiro atoms. The Labute approximate surface area is 153 Å². The fraction of sp³-hybridized carbons (Fsp3) is 0.278. The van der Waals surface area contributed by atoms with E-state index in [2.05, 4.69) is 5.32 Å². The number of nitrogens with one attached hydrogen (secondary N) is 1. The number of rotatable bonds is 9. The van der Waals surface area contributed by atoms with Gasteiger partial charge in [-0.15, -0.1) is 0 Å². The van der Waals surface area contributed by atoms with E-state index in [9.17, 15) is 13.2 Å². The van der Waals surface area contributed by atoms with Crippen molar-refractivity contribution in [1.82, 2.24) is 0 Å². The summed E-state index contributed by atoms with van der Waals surface area (Å²) >= 11 is 0. The first-order valence-electron chi connectivity index (χ1n) is 8.10. The number of sulfonamides is 1. The lowest BCUT2D eigenvalue weighted by Crippen LogP contribution is -2.15. The fourth-order valence-electron chi connectivity index (χ4n) is 2.30. The smallest absolute Gasteiger partial charge is 0.241 e. The van der Waals surface area contributed by atoms with Gasteiger partial charge in [0.25, 0.3) is 0 Å². The summed E-state index contributed by atoms with van der Waals surface area (Å²) in [6.45, 7) is 2.63. The van der Waals surface area contributed by atoms with Crippen molar-refractivity contribution < 1.29 is 22.7 Å². The highest BCUT2D eigenvalue weighted by Crippen LogP contribution is 2.37. The van der Waals surface area contributed by atoms with Crippen LogP contribution < -0.4 is 19.9 Å². The number of aldehydes is 1. The SMILES string of the molecule is CCCCNc1cc(C=O)cc(S(N)(=O)=O)c1Oc1ccc(OC)cc1. The van der Waals surface area contributed by atoms with Crippen LogP contribution in [0.2, 0.25) is 0 Å². The van der Waals surface area contributed by atoms with E-state index < -0.39 is 10.0 Å². The molecule has 7 nitrogen and oxygen atoms in total. The van der Waals surface area contributed by atoms with Crippen molar-refractivity contribution in [3.8, 4) is 17.2 Å². The number of unbranched alkanes of at least 4 members (excludes halogenated alkanes) is 1. The van der Waals surface area contributed by atoms with Gasteiger partial charge in [0.2, 0.25) is 10.0 Å². The van der Waals surface area contributed by atoms with E-state index in [0.717, 1.165) is 12.8 Å². The summed E-state index contributed by atoms with van der Waals surface area (Å²) in [6, 6.07) is 9.42. The van der Waals surface area contributed by atoms with E-state index in [-0.39, 0.29) is 16.2 Å². The standard InChI is InChI=1S/C18H22N2O5S/c1-3-4-9-20-16-10-13(12-21)11-17(26(19,22)23)18(16)25-15-7-5-14(24-2)6-8-15/h5-8,10-12,20H,3-4,9H2,1-2H3,(H2,19,22,23). The molecule has 0 saturated carbocycles. The molecule has 0 heterocycles. The van der Waals surface area contributed by atoms with Crippen LogP contribution in [0, 0.1) is 0 Å². The highest BCUT2D eigenvalue weighted by molar-refractivity contribution is 7.89. The predicted molar refractivity (Wildman–Crippen MR) is 99.7 cm³/mol. The summed E-state index contributed by atoms with van der Waals surface area (Å²) in [5, 5.41) is 8.45. The van der Waals surface area contributed by atoms with Crippen LogP contribution in [0.3, 0.4) is 0 Å². The van der Waals surface area contributed by atoms with Gasteiger partial charge in [-0.25, -0.2) is 13.6 Å². The monoisotopic (exact) mass is 378 g/mol. The van der Waals surface area contributed by atoms with E-state index >= 15 is 0 Å². The van der Waals surface area contributed by atoms with Crippen molar-refractivity contribution in [1.29, 1.82) is 0 Å². The van der Waals surface area contributed by atoms with Crippen LogP contribution in [-0.2, 0) is 10.0 Å². The highest BCUT2D eigenvalue weighted by Gasteiger charge is 2.21. The molecule has 2 aromatic carbocycles. The van der Waals surface area contributed by atoms with Crippen molar-refractivity contribution in [2.24, 2.45) is 5.14 Å². The van der Waals surface area contributed by atoms with Gasteiger partial charge in [0.05, 0.1) is 12.8 Å². The average molecular weight is 378 g/mol. The van der Waals surface area contributed by atoms with Gasteiger partial charge in [0.15, 0.2) is 5.75 Å². The Balaban J connectivity index is 2.51. The molecule has 0 atom stereocenters. The third-order valence-corrected chi connectivity index (χ3v) is 4.56. The van der Waals surface area contributed by atoms with Crippen molar-refractivity contribution in [2.75, 3.05) is 19.0 Å². The molecule has 0 saturated heterocycles. The molecule has 2 aromatic rings. The summed E-state index contributed by atoms with van der Waals surface area (Å²) in [7, 11) is -2.56. The van der Waals surface area contributed by atoms with Crippen LogP contribution >= 0.6 is 0 Å². The van der Waals surface area contributed by atoms with Crippen LogP contribution in [0.1, 0.15) is 30.1 Å². The Morgan fingerprint density at radius 3 is 2.35 bits per heavy atom. The number of carbonyl (C=O) groups is 1. The molecular formula is C18H22N2O5S. The molecule has 3 N–H and O–H groups in total. The molecule has 0 amide bonds. The minimum absolute atomic E-state index is 0.0550. The lowest BCUT2D eigenvalue weighted by molar-refractivity contribution is 0.112. The number of hydrogen-bond donors (Lipinski definition) is 2. The summed E-state index contributed by atoms with van der Waals surface area (Å²) in [4.78, 5) is 10.9. The Morgan fingerprint density at radius 1 is 1.15 bits per heavy atom. The van der Waals surface area contributed by atoms with Crippen LogP contribution in [0.5, 0.6) is 17.2 Å². The highest BCUT2D eigenvalue weighted by atomic mass is 32.2. The predicted octanol–water partition coefficient (Wildman–Crippen LogP) is 3.16. The van der Waals surface area contributed by atoms with Crippen LogP contribution in [0.4, 0.5) is 5.69 Å². The molecule has 0 unspecified atom stereocenters. The summed E-state index contributed by atoms with van der Waals surface area (Å²) < 4.78 is 35.0. The molecule has 140 valence electrons. The molecule has 26 heavy (non-hydrogen) atoms. The molecule has 0 aliphatic carbocycles. The fourth-order valence-corrected chi connectivity index (χ4v) is 3.01. The second kappa shape index (κ2) is 8.68. The molecule has 0 aliphatic rings. The summed E-state index contributed by atoms with van der Waals surface area (Å²) in [5.74, 6) is 1.11. The molecule has 0 radical (unpaired) electrons. The quantitative estimate of drug-likeness (QED) is 0.513. The van der Waals surface area contributed by atoms with E-state index in [1.807, 2.05) is 6.92 Å². The molecule has 0 bridgehead atoms. The van der Waals surface area contributed by atoms with E-state index in [1.54, 1.807) is 31.4 Å². The largest absolute Gasteiger partial charge is 0.497 e. The zero-order valence-electron chi connectivity index (χ0n) is 14.7.